The first-order chi connectivity index (χ1) is 14.3. The minimum absolute atomic E-state index is 0.120. The van der Waals surface area contributed by atoms with E-state index in [0.717, 1.165) is 17.4 Å². The average Bonchev–Trinajstić information content (AvgIpc) is 3.16. The van der Waals surface area contributed by atoms with E-state index in [1.807, 2.05) is 18.2 Å². The molecule has 0 radical (unpaired) electrons. The number of amides is 1. The number of carbonyl (C=O) groups is 1. The molecule has 30 heavy (non-hydrogen) atoms. The third kappa shape index (κ3) is 4.56. The van der Waals surface area contributed by atoms with Crippen LogP contribution in [0.3, 0.4) is 0 Å². The second-order valence-electron chi connectivity index (χ2n) is 6.90. The Kier molecular flexibility index (Phi) is 6.31. The molecule has 1 unspecified atom stereocenters. The summed E-state index contributed by atoms with van der Waals surface area (Å²) in [5.41, 5.74) is 2.65. The second-order valence-corrected chi connectivity index (χ2v) is 8.64. The molecular weight excluding hydrogens is 406 g/mol. The topological polar surface area (TPSA) is 97.3 Å². The molecule has 0 bridgehead atoms. The smallest absolute Gasteiger partial charge is 0.242 e. The molecule has 2 aromatic carbocycles. The van der Waals surface area contributed by atoms with Crippen molar-refractivity contribution in [3.8, 4) is 11.5 Å². The van der Waals surface area contributed by atoms with Gasteiger partial charge in [0.25, 0.3) is 0 Å². The third-order valence-electron chi connectivity index (χ3n) is 4.76. The van der Waals surface area contributed by atoms with Crippen LogP contribution in [0, 0.1) is 0 Å². The maximum absolute atomic E-state index is 12.6. The number of hydrazone groups is 1. The second kappa shape index (κ2) is 8.74. The molecule has 160 valence electrons. The molecule has 0 aliphatic carbocycles. The number of ether oxygens (including phenoxy) is 2. The molecule has 3 rings (SSSR count). The van der Waals surface area contributed by atoms with Crippen molar-refractivity contribution in [2.45, 2.75) is 25.8 Å². The summed E-state index contributed by atoms with van der Waals surface area (Å²) in [5, 5.41) is 6.06. The Morgan fingerprint density at radius 1 is 1.20 bits per heavy atom. The Balaban J connectivity index is 2.01. The Labute approximate surface area is 176 Å². The summed E-state index contributed by atoms with van der Waals surface area (Å²) < 4.78 is 36.6. The van der Waals surface area contributed by atoms with Crippen molar-refractivity contribution >= 4 is 27.3 Å². The lowest BCUT2D eigenvalue weighted by molar-refractivity contribution is -0.132. The van der Waals surface area contributed by atoms with E-state index in [9.17, 15) is 13.2 Å². The highest BCUT2D eigenvalue weighted by atomic mass is 32.2. The van der Waals surface area contributed by atoms with Crippen molar-refractivity contribution < 1.29 is 22.7 Å². The Morgan fingerprint density at radius 2 is 1.93 bits per heavy atom. The number of nitrogens with one attached hydrogen (secondary N) is 1. The standard InChI is InChI=1S/C21H25N3O5S/c1-5-20(25)24-18(16-10-7-11-19(28-2)21(16)29-3)13-17(22-24)14-8-6-9-15(12-14)23-30(4,26)27/h6-12,18,23H,5,13H2,1-4H3. The molecule has 1 N–H and O–H groups in total. The molecule has 9 heteroatoms. The molecule has 0 aromatic heterocycles. The summed E-state index contributed by atoms with van der Waals surface area (Å²) in [6.07, 6.45) is 1.85. The van der Waals surface area contributed by atoms with E-state index in [1.165, 1.54) is 5.01 Å². The van der Waals surface area contributed by atoms with Gasteiger partial charge in [-0.05, 0) is 23.8 Å². The van der Waals surface area contributed by atoms with Crippen LogP contribution in [0.15, 0.2) is 47.6 Å². The van der Waals surface area contributed by atoms with Gasteiger partial charge in [0.05, 0.1) is 32.2 Å². The van der Waals surface area contributed by atoms with E-state index in [2.05, 4.69) is 9.82 Å². The highest BCUT2D eigenvalue weighted by Gasteiger charge is 2.35. The summed E-state index contributed by atoms with van der Waals surface area (Å²) in [7, 11) is -0.278. The van der Waals surface area contributed by atoms with Crippen LogP contribution in [0.2, 0.25) is 0 Å². The van der Waals surface area contributed by atoms with Crippen LogP contribution >= 0.6 is 0 Å². The molecule has 0 saturated carbocycles. The average molecular weight is 432 g/mol. The van der Waals surface area contributed by atoms with Crippen molar-refractivity contribution in [2.24, 2.45) is 5.10 Å². The SMILES string of the molecule is CCC(=O)N1N=C(c2cccc(NS(C)(=O)=O)c2)CC1c1cccc(OC)c1OC. The van der Waals surface area contributed by atoms with Crippen LogP contribution in [-0.2, 0) is 14.8 Å². The number of carbonyl (C=O) groups excluding carboxylic acids is 1. The zero-order valence-electron chi connectivity index (χ0n) is 17.4. The van der Waals surface area contributed by atoms with Crippen LogP contribution in [0.1, 0.15) is 36.9 Å². The number of nitrogens with zero attached hydrogens (tertiary/aromatic N) is 2. The normalized spacial score (nSPS) is 16.2. The molecule has 0 fully saturated rings. The largest absolute Gasteiger partial charge is 0.493 e. The van der Waals surface area contributed by atoms with E-state index in [4.69, 9.17) is 9.47 Å². The monoisotopic (exact) mass is 431 g/mol. The first-order valence-electron chi connectivity index (χ1n) is 9.46. The van der Waals surface area contributed by atoms with Crippen molar-refractivity contribution in [2.75, 3.05) is 25.2 Å². The molecule has 1 aliphatic heterocycles. The first-order valence-corrected chi connectivity index (χ1v) is 11.3. The number of methoxy groups -OCH3 is 2. The molecule has 0 saturated heterocycles. The van der Waals surface area contributed by atoms with Gasteiger partial charge in [0.1, 0.15) is 0 Å². The fraction of sp³-hybridized carbons (Fsp3) is 0.333. The number of benzene rings is 2. The van der Waals surface area contributed by atoms with Crippen LogP contribution < -0.4 is 14.2 Å². The van der Waals surface area contributed by atoms with Crippen LogP contribution in [0.5, 0.6) is 11.5 Å². The zero-order chi connectivity index (χ0) is 21.9. The van der Waals surface area contributed by atoms with E-state index in [0.29, 0.717) is 35.7 Å². The lowest BCUT2D eigenvalue weighted by atomic mass is 9.97. The predicted molar refractivity (Wildman–Crippen MR) is 115 cm³/mol. The zero-order valence-corrected chi connectivity index (χ0v) is 18.2. The molecule has 8 nitrogen and oxygen atoms in total. The third-order valence-corrected chi connectivity index (χ3v) is 5.37. The number of sulfonamides is 1. The van der Waals surface area contributed by atoms with Gasteiger partial charge in [-0.25, -0.2) is 13.4 Å². The molecule has 0 spiro atoms. The molecule has 1 aliphatic rings. The Morgan fingerprint density at radius 3 is 2.57 bits per heavy atom. The minimum Gasteiger partial charge on any atom is -0.493 e. The van der Waals surface area contributed by atoms with E-state index >= 15 is 0 Å². The van der Waals surface area contributed by atoms with E-state index in [-0.39, 0.29) is 11.9 Å². The number of para-hydroxylation sites is 1. The molecule has 1 atom stereocenters. The first kappa shape index (κ1) is 21.6. The van der Waals surface area contributed by atoms with Crippen molar-refractivity contribution in [3.63, 3.8) is 0 Å². The molecular formula is C21H25N3O5S. The fourth-order valence-corrected chi connectivity index (χ4v) is 4.02. The van der Waals surface area contributed by atoms with Crippen LogP contribution in [0.4, 0.5) is 5.69 Å². The maximum atomic E-state index is 12.6. The lowest BCUT2D eigenvalue weighted by Gasteiger charge is -2.24. The van der Waals surface area contributed by atoms with E-state index in [1.54, 1.807) is 45.4 Å². The van der Waals surface area contributed by atoms with Gasteiger partial charge in [0.15, 0.2) is 11.5 Å². The highest BCUT2D eigenvalue weighted by Crippen LogP contribution is 2.42. The Bertz CT molecular complexity index is 1080. The van der Waals surface area contributed by atoms with Gasteiger partial charge in [-0.2, -0.15) is 5.10 Å². The van der Waals surface area contributed by atoms with Gasteiger partial charge in [-0.3, -0.25) is 9.52 Å². The molecule has 1 amide bonds. The van der Waals surface area contributed by atoms with Crippen molar-refractivity contribution in [1.29, 1.82) is 0 Å². The van der Waals surface area contributed by atoms with Gasteiger partial charge >= 0.3 is 0 Å². The van der Waals surface area contributed by atoms with Gasteiger partial charge < -0.3 is 9.47 Å². The van der Waals surface area contributed by atoms with Gasteiger partial charge in [0, 0.05) is 24.1 Å². The summed E-state index contributed by atoms with van der Waals surface area (Å²) in [4.78, 5) is 12.6. The number of rotatable bonds is 7. The summed E-state index contributed by atoms with van der Waals surface area (Å²) >= 11 is 0. The number of hydrogen-bond acceptors (Lipinski definition) is 6. The van der Waals surface area contributed by atoms with E-state index < -0.39 is 10.0 Å². The highest BCUT2D eigenvalue weighted by molar-refractivity contribution is 7.92. The fourth-order valence-electron chi connectivity index (χ4n) is 3.47. The van der Waals surface area contributed by atoms with Gasteiger partial charge in [0.2, 0.25) is 15.9 Å². The van der Waals surface area contributed by atoms with Crippen molar-refractivity contribution in [3.05, 3.63) is 53.6 Å². The minimum atomic E-state index is -3.40. The summed E-state index contributed by atoms with van der Waals surface area (Å²) in [5.74, 6) is 1.01. The quantitative estimate of drug-likeness (QED) is 0.726. The van der Waals surface area contributed by atoms with Crippen molar-refractivity contribution in [1.82, 2.24) is 5.01 Å². The summed E-state index contributed by atoms with van der Waals surface area (Å²) in [6.45, 7) is 1.78. The molecule has 1 heterocycles. The lowest BCUT2D eigenvalue weighted by Crippen LogP contribution is -2.26. The molecule has 2 aromatic rings. The number of anilines is 1. The maximum Gasteiger partial charge on any atom is 0.242 e. The van der Waals surface area contributed by atoms with Gasteiger partial charge in [-0.1, -0.05) is 31.2 Å². The Hall–Kier alpha value is -3.07. The van der Waals surface area contributed by atoms with Gasteiger partial charge in [-0.15, -0.1) is 0 Å². The number of hydrogen-bond donors (Lipinski definition) is 1. The summed E-state index contributed by atoms with van der Waals surface area (Å²) in [6, 6.07) is 12.1. The van der Waals surface area contributed by atoms with Crippen LogP contribution in [-0.4, -0.2) is 45.5 Å². The van der Waals surface area contributed by atoms with Crippen LogP contribution in [0.25, 0.3) is 0 Å². The predicted octanol–water partition coefficient (Wildman–Crippen LogP) is 3.16.